The van der Waals surface area contributed by atoms with Crippen LogP contribution in [-0.4, -0.2) is 57.7 Å². The molecule has 2 aromatic rings. The van der Waals surface area contributed by atoms with Gasteiger partial charge in [0.2, 0.25) is 0 Å². The highest BCUT2D eigenvalue weighted by atomic mass is 16.2. The van der Waals surface area contributed by atoms with E-state index in [1.807, 2.05) is 0 Å². The molecule has 108 valence electrons. The first kappa shape index (κ1) is 13.8. The van der Waals surface area contributed by atoms with Gasteiger partial charge in [0.25, 0.3) is 0 Å². The summed E-state index contributed by atoms with van der Waals surface area (Å²) in [5.74, 6) is 1.15. The number of nitrogens with one attached hydrogen (secondary N) is 3. The average molecular weight is 279 g/mol. The number of aromatic nitrogens is 4. The van der Waals surface area contributed by atoms with Gasteiger partial charge < -0.3 is 15.5 Å². The molecule has 2 rings (SSSR count). The highest BCUT2D eigenvalue weighted by molar-refractivity contribution is 5.73. The summed E-state index contributed by atoms with van der Waals surface area (Å²) in [4.78, 5) is 28.5. The Labute approximate surface area is 115 Å². The molecule has 0 aliphatic heterocycles. The maximum absolute atomic E-state index is 11.4. The Balaban J connectivity index is 1.97. The molecule has 2 heterocycles. The summed E-state index contributed by atoms with van der Waals surface area (Å²) in [6, 6.07) is 1.52. The van der Waals surface area contributed by atoms with Crippen molar-refractivity contribution in [3.63, 3.8) is 0 Å². The van der Waals surface area contributed by atoms with Gasteiger partial charge in [0.15, 0.2) is 5.65 Å². The van der Waals surface area contributed by atoms with E-state index in [-0.39, 0.29) is 11.7 Å². The summed E-state index contributed by atoms with van der Waals surface area (Å²) in [7, 11) is 3.35. The summed E-state index contributed by atoms with van der Waals surface area (Å²) in [6.07, 6.45) is 0. The molecule has 20 heavy (non-hydrogen) atoms. The van der Waals surface area contributed by atoms with Crippen molar-refractivity contribution in [1.29, 1.82) is 0 Å². The number of aromatic amines is 1. The first-order chi connectivity index (χ1) is 9.49. The van der Waals surface area contributed by atoms with E-state index in [9.17, 15) is 9.59 Å². The Morgan fingerprint density at radius 1 is 1.45 bits per heavy atom. The fourth-order valence-electron chi connectivity index (χ4n) is 1.71. The van der Waals surface area contributed by atoms with Gasteiger partial charge in [-0.05, 0) is 6.92 Å². The lowest BCUT2D eigenvalue weighted by molar-refractivity contribution is 0.218. The molecule has 0 saturated carbocycles. The van der Waals surface area contributed by atoms with E-state index in [0.29, 0.717) is 30.4 Å². The Bertz CT molecular complexity index is 673. The van der Waals surface area contributed by atoms with Gasteiger partial charge in [0, 0.05) is 33.3 Å². The molecule has 0 radical (unpaired) electrons. The molecule has 9 heteroatoms. The number of carbonyl (C=O) groups is 1. The molecule has 0 bridgehead atoms. The van der Waals surface area contributed by atoms with Crippen LogP contribution in [-0.2, 0) is 0 Å². The number of urea groups is 1. The van der Waals surface area contributed by atoms with Crippen molar-refractivity contribution in [2.24, 2.45) is 0 Å². The number of nitrogens with zero attached hydrogens (tertiary/aromatic N) is 4. The normalized spacial score (nSPS) is 10.6. The minimum Gasteiger partial charge on any atom is -0.368 e. The molecule has 3 N–H and O–H groups in total. The molecular weight excluding hydrogens is 262 g/mol. The van der Waals surface area contributed by atoms with E-state index in [4.69, 9.17) is 0 Å². The highest BCUT2D eigenvalue weighted by Crippen LogP contribution is 2.06. The SMILES string of the molecule is Cc1nc(NCCNC(=O)N(C)C)cc2n[nH]c(=O)n12. The molecule has 0 saturated heterocycles. The predicted molar refractivity (Wildman–Crippen MR) is 73.9 cm³/mol. The molecule has 0 aliphatic carbocycles. The van der Waals surface area contributed by atoms with Crippen molar-refractivity contribution >= 4 is 17.5 Å². The van der Waals surface area contributed by atoms with Crippen LogP contribution >= 0.6 is 0 Å². The summed E-state index contributed by atoms with van der Waals surface area (Å²) in [5, 5.41) is 12.1. The average Bonchev–Trinajstić information content (AvgIpc) is 2.76. The van der Waals surface area contributed by atoms with Crippen molar-refractivity contribution in [3.8, 4) is 0 Å². The standard InChI is InChI=1S/C11H17N7O2/c1-7-14-8(6-9-15-16-11(20)18(7)9)12-4-5-13-10(19)17(2)3/h6,12H,4-5H2,1-3H3,(H,13,19)(H,16,20). The number of fused-ring (bicyclic) bond motifs is 1. The second kappa shape index (κ2) is 5.59. The summed E-state index contributed by atoms with van der Waals surface area (Å²) in [5.41, 5.74) is 0.192. The number of rotatable bonds is 4. The molecular formula is C11H17N7O2. The van der Waals surface area contributed by atoms with Gasteiger partial charge in [0.05, 0.1) is 0 Å². The number of hydrogen-bond acceptors (Lipinski definition) is 5. The third kappa shape index (κ3) is 2.87. The van der Waals surface area contributed by atoms with E-state index >= 15 is 0 Å². The number of amides is 2. The number of carbonyl (C=O) groups excluding carboxylic acids is 1. The first-order valence-corrected chi connectivity index (χ1v) is 6.13. The Kier molecular flexibility index (Phi) is 3.87. The van der Waals surface area contributed by atoms with Gasteiger partial charge in [-0.3, -0.25) is 0 Å². The second-order valence-corrected chi connectivity index (χ2v) is 4.46. The second-order valence-electron chi connectivity index (χ2n) is 4.46. The van der Waals surface area contributed by atoms with Crippen molar-refractivity contribution in [3.05, 3.63) is 22.4 Å². The fraction of sp³-hybridized carbons (Fsp3) is 0.455. The lowest BCUT2D eigenvalue weighted by Crippen LogP contribution is -2.37. The van der Waals surface area contributed by atoms with E-state index in [2.05, 4.69) is 25.8 Å². The van der Waals surface area contributed by atoms with Crippen molar-refractivity contribution in [2.45, 2.75) is 6.92 Å². The molecule has 0 spiro atoms. The van der Waals surface area contributed by atoms with Crippen LogP contribution < -0.4 is 16.3 Å². The van der Waals surface area contributed by atoms with Crippen LogP contribution in [0, 0.1) is 6.92 Å². The zero-order valence-corrected chi connectivity index (χ0v) is 11.6. The van der Waals surface area contributed by atoms with Gasteiger partial charge in [-0.2, -0.15) is 5.10 Å². The van der Waals surface area contributed by atoms with Gasteiger partial charge in [-0.25, -0.2) is 24.1 Å². The molecule has 0 aliphatic rings. The minimum absolute atomic E-state index is 0.148. The van der Waals surface area contributed by atoms with Crippen molar-refractivity contribution in [1.82, 2.24) is 29.8 Å². The largest absolute Gasteiger partial charge is 0.368 e. The Morgan fingerprint density at radius 2 is 2.20 bits per heavy atom. The molecule has 9 nitrogen and oxygen atoms in total. The maximum Gasteiger partial charge on any atom is 0.349 e. The van der Waals surface area contributed by atoms with Crippen molar-refractivity contribution in [2.75, 3.05) is 32.5 Å². The molecule has 0 atom stereocenters. The number of hydrogen-bond donors (Lipinski definition) is 3. The molecule has 2 aromatic heterocycles. The number of H-pyrrole nitrogens is 1. The summed E-state index contributed by atoms with van der Waals surface area (Å²) < 4.78 is 1.39. The van der Waals surface area contributed by atoms with E-state index in [1.54, 1.807) is 27.1 Å². The molecule has 0 fully saturated rings. The zero-order chi connectivity index (χ0) is 14.7. The van der Waals surface area contributed by atoms with Crippen LogP contribution in [0.5, 0.6) is 0 Å². The molecule has 2 amide bonds. The lowest BCUT2D eigenvalue weighted by atomic mass is 10.5. The van der Waals surface area contributed by atoms with Gasteiger partial charge in [-0.15, -0.1) is 0 Å². The van der Waals surface area contributed by atoms with Crippen molar-refractivity contribution < 1.29 is 4.79 Å². The van der Waals surface area contributed by atoms with Crippen LogP contribution in [0.15, 0.2) is 10.9 Å². The zero-order valence-electron chi connectivity index (χ0n) is 11.6. The van der Waals surface area contributed by atoms with E-state index < -0.39 is 0 Å². The molecule has 0 aromatic carbocycles. The van der Waals surface area contributed by atoms with Crippen LogP contribution in [0.2, 0.25) is 0 Å². The predicted octanol–water partition coefficient (Wildman–Crippen LogP) is -0.591. The van der Waals surface area contributed by atoms with E-state index in [1.165, 1.54) is 9.30 Å². The smallest absolute Gasteiger partial charge is 0.349 e. The number of anilines is 1. The van der Waals surface area contributed by atoms with E-state index in [0.717, 1.165) is 0 Å². The number of aryl methyl sites for hydroxylation is 1. The van der Waals surface area contributed by atoms with Gasteiger partial charge in [-0.1, -0.05) is 0 Å². The van der Waals surface area contributed by atoms with Crippen LogP contribution in [0.3, 0.4) is 0 Å². The third-order valence-corrected chi connectivity index (χ3v) is 2.68. The quantitative estimate of drug-likeness (QED) is 0.648. The summed E-state index contributed by atoms with van der Waals surface area (Å²) in [6.45, 7) is 2.72. The third-order valence-electron chi connectivity index (χ3n) is 2.68. The minimum atomic E-state index is -0.310. The van der Waals surface area contributed by atoms with Crippen LogP contribution in [0.1, 0.15) is 5.82 Å². The molecule has 0 unspecified atom stereocenters. The summed E-state index contributed by atoms with van der Waals surface area (Å²) >= 11 is 0. The van der Waals surface area contributed by atoms with Gasteiger partial charge in [0.1, 0.15) is 11.6 Å². The fourth-order valence-corrected chi connectivity index (χ4v) is 1.71. The maximum atomic E-state index is 11.4. The van der Waals surface area contributed by atoms with Crippen LogP contribution in [0.25, 0.3) is 5.65 Å². The monoisotopic (exact) mass is 279 g/mol. The first-order valence-electron chi connectivity index (χ1n) is 6.13. The van der Waals surface area contributed by atoms with Gasteiger partial charge >= 0.3 is 11.7 Å². The highest BCUT2D eigenvalue weighted by Gasteiger charge is 2.06. The Morgan fingerprint density at radius 3 is 2.90 bits per heavy atom. The van der Waals surface area contributed by atoms with Crippen LogP contribution in [0.4, 0.5) is 10.6 Å². The lowest BCUT2D eigenvalue weighted by Gasteiger charge is -2.12. The topological polar surface area (TPSA) is 107 Å². The Hall–Kier alpha value is -2.58.